The Hall–Kier alpha value is -1.62. The number of benzene rings is 1. The summed E-state index contributed by atoms with van der Waals surface area (Å²) in [5.41, 5.74) is 1.72. The predicted octanol–water partition coefficient (Wildman–Crippen LogP) is 5.71. The average molecular weight is 402 g/mol. The molecule has 1 unspecified atom stereocenters. The van der Waals surface area contributed by atoms with E-state index >= 15 is 0 Å². The van der Waals surface area contributed by atoms with Crippen molar-refractivity contribution in [2.75, 3.05) is 7.05 Å². The molecule has 1 N–H and O–H groups in total. The van der Waals surface area contributed by atoms with E-state index in [4.69, 9.17) is 4.99 Å². The highest BCUT2D eigenvalue weighted by Crippen LogP contribution is 2.23. The van der Waals surface area contributed by atoms with E-state index in [0.29, 0.717) is 11.6 Å². The van der Waals surface area contributed by atoms with Crippen molar-refractivity contribution in [3.8, 4) is 0 Å². The van der Waals surface area contributed by atoms with Crippen LogP contribution in [-0.2, 0) is 0 Å². The largest absolute Gasteiger partial charge is 0.349 e. The van der Waals surface area contributed by atoms with Gasteiger partial charge in [0.2, 0.25) is 0 Å². The van der Waals surface area contributed by atoms with Gasteiger partial charge in [-0.3, -0.25) is 14.8 Å². The highest BCUT2D eigenvalue weighted by molar-refractivity contribution is 8.27. The second kappa shape index (κ2) is 10.2. The van der Waals surface area contributed by atoms with Crippen LogP contribution in [0.4, 0.5) is 0 Å². The molecule has 1 amide bonds. The van der Waals surface area contributed by atoms with E-state index < -0.39 is 0 Å². The Kier molecular flexibility index (Phi) is 8.29. The van der Waals surface area contributed by atoms with E-state index in [0.717, 1.165) is 15.7 Å². The Bertz CT molecular complexity index is 710. The molecule has 1 atom stereocenters. The first kappa shape index (κ1) is 22.7. The fourth-order valence-electron chi connectivity index (χ4n) is 3.13. The molecule has 0 aromatic heterocycles. The van der Waals surface area contributed by atoms with Crippen molar-refractivity contribution in [2.45, 2.75) is 78.8 Å². The van der Waals surface area contributed by atoms with Crippen LogP contribution in [0.3, 0.4) is 0 Å². The zero-order valence-corrected chi connectivity index (χ0v) is 19.0. The normalized spacial score (nSPS) is 18.1. The van der Waals surface area contributed by atoms with Gasteiger partial charge in [-0.05, 0) is 44.2 Å². The van der Waals surface area contributed by atoms with Crippen molar-refractivity contribution in [1.82, 2.24) is 5.32 Å². The first-order valence-electron chi connectivity index (χ1n) is 10.3. The zero-order chi connectivity index (χ0) is 20.7. The summed E-state index contributed by atoms with van der Waals surface area (Å²) in [6.45, 7) is 10.5. The second-order valence-electron chi connectivity index (χ2n) is 8.71. The molecule has 2 rings (SSSR count). The molecule has 1 aliphatic carbocycles. The third-order valence-electron chi connectivity index (χ3n) is 5.43. The average Bonchev–Trinajstić information content (AvgIpc) is 2.66. The number of hydrogen-bond donors (Lipinski definition) is 1. The maximum atomic E-state index is 12.5. The van der Waals surface area contributed by atoms with E-state index in [9.17, 15) is 4.79 Å². The van der Waals surface area contributed by atoms with Crippen LogP contribution < -0.4 is 5.32 Å². The van der Waals surface area contributed by atoms with Crippen molar-refractivity contribution in [3.63, 3.8) is 0 Å². The third-order valence-corrected chi connectivity index (χ3v) is 6.44. The van der Waals surface area contributed by atoms with Gasteiger partial charge in [0, 0.05) is 24.2 Å². The van der Waals surface area contributed by atoms with Crippen LogP contribution in [0.15, 0.2) is 34.3 Å². The second-order valence-corrected chi connectivity index (χ2v) is 9.89. The zero-order valence-electron chi connectivity index (χ0n) is 18.2. The number of nitrogens with zero attached hydrogens (tertiary/aromatic N) is 2. The first-order valence-corrected chi connectivity index (χ1v) is 11.1. The summed E-state index contributed by atoms with van der Waals surface area (Å²) < 4.78 is 0. The smallest absolute Gasteiger partial charge is 0.251 e. The Morgan fingerprint density at radius 2 is 1.68 bits per heavy atom. The number of nitrogens with one attached hydrogen (secondary N) is 1. The van der Waals surface area contributed by atoms with Gasteiger partial charge >= 0.3 is 0 Å². The van der Waals surface area contributed by atoms with Gasteiger partial charge in [-0.15, -0.1) is 0 Å². The van der Waals surface area contributed by atoms with Gasteiger partial charge in [0.15, 0.2) is 0 Å². The van der Waals surface area contributed by atoms with E-state index in [1.807, 2.05) is 38.2 Å². The number of thioether (sulfide) groups is 1. The van der Waals surface area contributed by atoms with Crippen LogP contribution in [0.2, 0.25) is 0 Å². The Labute approximate surface area is 174 Å². The molecule has 1 aromatic carbocycles. The molecular weight excluding hydrogens is 366 g/mol. The lowest BCUT2D eigenvalue weighted by Crippen LogP contribution is -2.41. The molecule has 0 spiro atoms. The monoisotopic (exact) mass is 401 g/mol. The lowest BCUT2D eigenvalue weighted by Gasteiger charge is -2.28. The number of aliphatic imine (C=N–C) groups is 2. The highest BCUT2D eigenvalue weighted by atomic mass is 32.2. The molecule has 0 aliphatic heterocycles. The molecule has 154 valence electrons. The SMILES string of the molecule is CN=C(SC(C)=NC1CCCCC1)c1ccc(C(=O)NC(C)C(C)(C)C)cc1. The molecule has 0 heterocycles. The maximum Gasteiger partial charge on any atom is 0.251 e. The molecule has 5 heteroatoms. The standard InChI is InChI=1S/C23H35N3OS/c1-16(23(3,4)5)25-21(27)18-12-14-19(15-13-18)22(24-6)28-17(2)26-20-10-8-7-9-11-20/h12-16,20H,7-11H2,1-6H3,(H,25,27). The number of carbonyl (C=O) groups is 1. The van der Waals surface area contributed by atoms with Gasteiger partial charge in [-0.25, -0.2) is 0 Å². The maximum absolute atomic E-state index is 12.5. The summed E-state index contributed by atoms with van der Waals surface area (Å²) in [6.07, 6.45) is 6.32. The lowest BCUT2D eigenvalue weighted by atomic mass is 9.88. The van der Waals surface area contributed by atoms with E-state index in [2.05, 4.69) is 38.0 Å². The molecule has 28 heavy (non-hydrogen) atoms. The summed E-state index contributed by atoms with van der Waals surface area (Å²) in [6, 6.07) is 8.26. The lowest BCUT2D eigenvalue weighted by molar-refractivity contribution is 0.0910. The van der Waals surface area contributed by atoms with Gasteiger partial charge in [0.05, 0.1) is 11.1 Å². The van der Waals surface area contributed by atoms with Crippen LogP contribution in [0.5, 0.6) is 0 Å². The summed E-state index contributed by atoms with van der Waals surface area (Å²) in [4.78, 5) is 21.8. The van der Waals surface area contributed by atoms with Crippen LogP contribution in [0.25, 0.3) is 0 Å². The summed E-state index contributed by atoms with van der Waals surface area (Å²) in [5, 5.41) is 5.08. The third kappa shape index (κ3) is 6.77. The minimum Gasteiger partial charge on any atom is -0.349 e. The van der Waals surface area contributed by atoms with Crippen molar-refractivity contribution >= 4 is 27.8 Å². The molecule has 4 nitrogen and oxygen atoms in total. The van der Waals surface area contributed by atoms with Crippen molar-refractivity contribution in [1.29, 1.82) is 0 Å². The topological polar surface area (TPSA) is 53.8 Å². The number of rotatable bonds is 4. The van der Waals surface area contributed by atoms with Crippen LogP contribution in [0.1, 0.15) is 82.6 Å². The first-order chi connectivity index (χ1) is 13.2. The van der Waals surface area contributed by atoms with Gasteiger partial charge in [-0.2, -0.15) is 0 Å². The van der Waals surface area contributed by atoms with Gasteiger partial charge in [0.25, 0.3) is 5.91 Å². The highest BCUT2D eigenvalue weighted by Gasteiger charge is 2.22. The number of amides is 1. The van der Waals surface area contributed by atoms with Crippen molar-refractivity contribution in [2.24, 2.45) is 15.4 Å². The molecule has 1 aliphatic rings. The molecular formula is C23H35N3OS. The minimum absolute atomic E-state index is 0.0312. The summed E-state index contributed by atoms with van der Waals surface area (Å²) in [7, 11) is 1.81. The summed E-state index contributed by atoms with van der Waals surface area (Å²) >= 11 is 1.62. The molecule has 1 saturated carbocycles. The Morgan fingerprint density at radius 3 is 2.21 bits per heavy atom. The van der Waals surface area contributed by atoms with E-state index in [1.165, 1.54) is 32.1 Å². The summed E-state index contributed by atoms with van der Waals surface area (Å²) in [5.74, 6) is -0.0355. The van der Waals surface area contributed by atoms with E-state index in [-0.39, 0.29) is 17.4 Å². The number of hydrogen-bond acceptors (Lipinski definition) is 4. The molecule has 1 aromatic rings. The molecule has 0 bridgehead atoms. The quantitative estimate of drug-likeness (QED) is 0.519. The van der Waals surface area contributed by atoms with Crippen molar-refractivity contribution in [3.05, 3.63) is 35.4 Å². The van der Waals surface area contributed by atoms with Gasteiger partial charge < -0.3 is 5.32 Å². The minimum atomic E-state index is -0.0355. The fraction of sp³-hybridized carbons (Fsp3) is 0.609. The molecule has 0 saturated heterocycles. The Morgan fingerprint density at radius 1 is 1.11 bits per heavy atom. The Balaban J connectivity index is 2.02. The van der Waals surface area contributed by atoms with Gasteiger partial charge in [0.1, 0.15) is 5.04 Å². The number of carbonyl (C=O) groups excluding carboxylic acids is 1. The van der Waals surface area contributed by atoms with Crippen LogP contribution in [0, 0.1) is 5.41 Å². The fourth-order valence-corrected chi connectivity index (χ4v) is 3.95. The molecule has 0 radical (unpaired) electrons. The van der Waals surface area contributed by atoms with E-state index in [1.54, 1.807) is 11.8 Å². The van der Waals surface area contributed by atoms with Crippen molar-refractivity contribution < 1.29 is 4.79 Å². The van der Waals surface area contributed by atoms with Crippen LogP contribution in [-0.4, -0.2) is 35.1 Å². The molecule has 1 fully saturated rings. The van der Waals surface area contributed by atoms with Crippen LogP contribution >= 0.6 is 11.8 Å². The predicted molar refractivity (Wildman–Crippen MR) is 123 cm³/mol. The van der Waals surface area contributed by atoms with Gasteiger partial charge in [-0.1, -0.05) is 63.9 Å².